The van der Waals surface area contributed by atoms with E-state index < -0.39 is 0 Å². The van der Waals surface area contributed by atoms with Crippen LogP contribution in [-0.4, -0.2) is 43.8 Å². The Morgan fingerprint density at radius 2 is 1.93 bits per heavy atom. The number of aliphatic imine (C=N–C) groups is 1. The number of ether oxygens (including phenoxy) is 1. The molecule has 2 aromatic rings. The fraction of sp³-hybridized carbons (Fsp3) is 0.545. The third kappa shape index (κ3) is 5.97. The zero-order chi connectivity index (χ0) is 20.7. The predicted octanol–water partition coefficient (Wildman–Crippen LogP) is 3.06. The van der Waals surface area contributed by atoms with E-state index in [4.69, 9.17) is 14.1 Å². The molecule has 1 aliphatic heterocycles. The summed E-state index contributed by atoms with van der Waals surface area (Å²) in [5, 5.41) is 6.62. The standard InChI is InChI=1S/C22H33N5O2/c1-5-23-21(26-16-20-24-15-19(29-20)22(2,3)4)25-14-17-8-6-7-9-18(17)27-10-12-28-13-11-27/h6-9,15H,5,10-14,16H2,1-4H3,(H2,23,25,26). The Morgan fingerprint density at radius 1 is 1.17 bits per heavy atom. The van der Waals surface area contributed by atoms with Crippen molar-refractivity contribution in [1.29, 1.82) is 0 Å². The van der Waals surface area contributed by atoms with Crippen LogP contribution in [0.3, 0.4) is 0 Å². The van der Waals surface area contributed by atoms with Gasteiger partial charge in [0.25, 0.3) is 0 Å². The Bertz CT molecular complexity index is 804. The van der Waals surface area contributed by atoms with E-state index in [1.54, 1.807) is 6.20 Å². The number of nitrogens with zero attached hydrogens (tertiary/aromatic N) is 3. The molecule has 7 heteroatoms. The van der Waals surface area contributed by atoms with Gasteiger partial charge in [0, 0.05) is 30.7 Å². The average Bonchev–Trinajstić information content (AvgIpc) is 3.21. The predicted molar refractivity (Wildman–Crippen MR) is 116 cm³/mol. The van der Waals surface area contributed by atoms with Crippen LogP contribution in [-0.2, 0) is 23.2 Å². The van der Waals surface area contributed by atoms with Gasteiger partial charge in [-0.05, 0) is 18.6 Å². The highest BCUT2D eigenvalue weighted by molar-refractivity contribution is 5.79. The zero-order valence-electron chi connectivity index (χ0n) is 18.0. The Labute approximate surface area is 173 Å². The minimum absolute atomic E-state index is 0.0486. The maximum Gasteiger partial charge on any atom is 0.213 e. The lowest BCUT2D eigenvalue weighted by atomic mass is 9.94. The van der Waals surface area contributed by atoms with E-state index in [0.717, 1.165) is 44.6 Å². The van der Waals surface area contributed by atoms with Crippen molar-refractivity contribution >= 4 is 11.6 Å². The number of anilines is 1. The Morgan fingerprint density at radius 3 is 2.62 bits per heavy atom. The SMILES string of the molecule is CCNC(=NCc1ccccc1N1CCOCC1)NCc1ncc(C(C)(C)C)o1. The van der Waals surface area contributed by atoms with Gasteiger partial charge in [-0.1, -0.05) is 39.0 Å². The van der Waals surface area contributed by atoms with Crippen LogP contribution in [0.15, 0.2) is 39.9 Å². The van der Waals surface area contributed by atoms with Crippen molar-refractivity contribution in [2.75, 3.05) is 37.7 Å². The average molecular weight is 400 g/mol. The summed E-state index contributed by atoms with van der Waals surface area (Å²) in [7, 11) is 0. The van der Waals surface area contributed by atoms with Crippen LogP contribution in [0, 0.1) is 0 Å². The number of hydrogen-bond acceptors (Lipinski definition) is 5. The molecule has 3 rings (SSSR count). The third-order valence-electron chi connectivity index (χ3n) is 4.79. The molecule has 1 fully saturated rings. The molecule has 1 saturated heterocycles. The summed E-state index contributed by atoms with van der Waals surface area (Å²) in [6.07, 6.45) is 1.81. The molecule has 1 aromatic carbocycles. The number of aromatic nitrogens is 1. The molecule has 29 heavy (non-hydrogen) atoms. The van der Waals surface area contributed by atoms with E-state index in [1.165, 1.54) is 11.3 Å². The molecule has 0 bridgehead atoms. The molecule has 1 aliphatic rings. The van der Waals surface area contributed by atoms with Crippen molar-refractivity contribution in [3.8, 4) is 0 Å². The largest absolute Gasteiger partial charge is 0.443 e. The van der Waals surface area contributed by atoms with Gasteiger partial charge >= 0.3 is 0 Å². The molecule has 7 nitrogen and oxygen atoms in total. The quantitative estimate of drug-likeness (QED) is 0.574. The molecule has 0 aliphatic carbocycles. The Kier molecular flexibility index (Phi) is 7.14. The van der Waals surface area contributed by atoms with Crippen LogP contribution in [0.2, 0.25) is 0 Å². The molecule has 0 amide bonds. The van der Waals surface area contributed by atoms with Crippen molar-refractivity contribution in [3.63, 3.8) is 0 Å². The van der Waals surface area contributed by atoms with Crippen LogP contribution in [0.25, 0.3) is 0 Å². The lowest BCUT2D eigenvalue weighted by Gasteiger charge is -2.30. The van der Waals surface area contributed by atoms with Crippen molar-refractivity contribution in [2.24, 2.45) is 4.99 Å². The summed E-state index contributed by atoms with van der Waals surface area (Å²) in [6.45, 7) is 13.7. The van der Waals surface area contributed by atoms with Gasteiger partial charge in [0.15, 0.2) is 5.96 Å². The highest BCUT2D eigenvalue weighted by atomic mass is 16.5. The number of rotatable bonds is 6. The summed E-state index contributed by atoms with van der Waals surface area (Å²) >= 11 is 0. The minimum Gasteiger partial charge on any atom is -0.443 e. The highest BCUT2D eigenvalue weighted by Gasteiger charge is 2.19. The number of para-hydroxylation sites is 1. The normalized spacial score (nSPS) is 15.4. The van der Waals surface area contributed by atoms with Crippen LogP contribution >= 0.6 is 0 Å². The molecule has 0 spiro atoms. The molecule has 2 N–H and O–H groups in total. The van der Waals surface area contributed by atoms with Crippen LogP contribution in [0.4, 0.5) is 5.69 Å². The second kappa shape index (κ2) is 9.78. The fourth-order valence-electron chi connectivity index (χ4n) is 3.16. The van der Waals surface area contributed by atoms with Crippen LogP contribution in [0.5, 0.6) is 0 Å². The maximum atomic E-state index is 5.86. The zero-order valence-corrected chi connectivity index (χ0v) is 18.0. The highest BCUT2D eigenvalue weighted by Crippen LogP contribution is 2.23. The monoisotopic (exact) mass is 399 g/mol. The van der Waals surface area contributed by atoms with Gasteiger partial charge in [-0.3, -0.25) is 0 Å². The van der Waals surface area contributed by atoms with Gasteiger partial charge in [-0.15, -0.1) is 0 Å². The van der Waals surface area contributed by atoms with E-state index in [-0.39, 0.29) is 5.41 Å². The minimum atomic E-state index is -0.0486. The number of morpholine rings is 1. The van der Waals surface area contributed by atoms with E-state index in [2.05, 4.69) is 72.5 Å². The van der Waals surface area contributed by atoms with Crippen molar-refractivity contribution in [3.05, 3.63) is 47.7 Å². The van der Waals surface area contributed by atoms with Gasteiger partial charge < -0.3 is 24.7 Å². The summed E-state index contributed by atoms with van der Waals surface area (Å²) in [5.41, 5.74) is 2.39. The molecule has 0 saturated carbocycles. The molecule has 0 atom stereocenters. The number of oxazole rings is 1. The fourth-order valence-corrected chi connectivity index (χ4v) is 3.16. The summed E-state index contributed by atoms with van der Waals surface area (Å²) in [4.78, 5) is 11.5. The molecular weight excluding hydrogens is 366 g/mol. The van der Waals surface area contributed by atoms with Crippen LogP contribution in [0.1, 0.15) is 44.9 Å². The van der Waals surface area contributed by atoms with E-state index >= 15 is 0 Å². The van der Waals surface area contributed by atoms with E-state index in [0.29, 0.717) is 19.0 Å². The smallest absolute Gasteiger partial charge is 0.213 e. The first-order chi connectivity index (χ1) is 14.0. The van der Waals surface area contributed by atoms with Gasteiger partial charge in [0.1, 0.15) is 5.76 Å². The van der Waals surface area contributed by atoms with Gasteiger partial charge in [-0.25, -0.2) is 9.98 Å². The molecular formula is C22H33N5O2. The second-order valence-corrected chi connectivity index (χ2v) is 8.15. The summed E-state index contributed by atoms with van der Waals surface area (Å²) < 4.78 is 11.3. The first-order valence-corrected chi connectivity index (χ1v) is 10.4. The Balaban J connectivity index is 1.66. The van der Waals surface area contributed by atoms with Gasteiger partial charge in [0.2, 0.25) is 5.89 Å². The molecule has 0 unspecified atom stereocenters. The third-order valence-corrected chi connectivity index (χ3v) is 4.79. The van der Waals surface area contributed by atoms with Gasteiger partial charge in [0.05, 0.1) is 32.5 Å². The van der Waals surface area contributed by atoms with Crippen molar-refractivity contribution in [1.82, 2.24) is 15.6 Å². The topological polar surface area (TPSA) is 74.9 Å². The molecule has 2 heterocycles. The maximum absolute atomic E-state index is 5.86. The summed E-state index contributed by atoms with van der Waals surface area (Å²) in [5.74, 6) is 2.30. The van der Waals surface area contributed by atoms with Gasteiger partial charge in [-0.2, -0.15) is 0 Å². The van der Waals surface area contributed by atoms with Crippen molar-refractivity contribution in [2.45, 2.75) is 46.2 Å². The number of nitrogens with one attached hydrogen (secondary N) is 2. The summed E-state index contributed by atoms with van der Waals surface area (Å²) in [6, 6.07) is 8.45. The molecule has 158 valence electrons. The lowest BCUT2D eigenvalue weighted by molar-refractivity contribution is 0.122. The Hall–Kier alpha value is -2.54. The lowest BCUT2D eigenvalue weighted by Crippen LogP contribution is -2.37. The van der Waals surface area contributed by atoms with Crippen LogP contribution < -0.4 is 15.5 Å². The second-order valence-electron chi connectivity index (χ2n) is 8.15. The van der Waals surface area contributed by atoms with E-state index in [9.17, 15) is 0 Å². The molecule has 1 aromatic heterocycles. The van der Waals surface area contributed by atoms with E-state index in [1.807, 2.05) is 0 Å². The van der Waals surface area contributed by atoms with Crippen molar-refractivity contribution < 1.29 is 9.15 Å². The number of guanidine groups is 1. The number of hydrogen-bond donors (Lipinski definition) is 2. The number of benzene rings is 1. The first-order valence-electron chi connectivity index (χ1n) is 10.4. The molecule has 0 radical (unpaired) electrons. The first kappa shape index (κ1) is 21.2.